The number of amides is 1. The van der Waals surface area contributed by atoms with Gasteiger partial charge in [0.25, 0.3) is 0 Å². The van der Waals surface area contributed by atoms with Gasteiger partial charge in [-0.2, -0.15) is 0 Å². The fourth-order valence-electron chi connectivity index (χ4n) is 1.60. The first-order valence-electron chi connectivity index (χ1n) is 6.23. The summed E-state index contributed by atoms with van der Waals surface area (Å²) in [5.41, 5.74) is 0. The molecule has 0 aliphatic rings. The molecular formula is C13H21ClN2O2S. The number of rotatable bonds is 7. The van der Waals surface area contributed by atoms with E-state index in [1.807, 2.05) is 24.1 Å². The third-order valence-corrected chi connectivity index (χ3v) is 4.00. The standard InChI is InChI=1S/C13H21ClN2O2S/c1-10(17)6-7-15(2)9-13(18)16(3)8-11-4-5-12(14)19-11/h4-5,10,17H,6-9H2,1-3H3. The van der Waals surface area contributed by atoms with Crippen LogP contribution in [0.4, 0.5) is 0 Å². The fraction of sp³-hybridized carbons (Fsp3) is 0.615. The lowest BCUT2D eigenvalue weighted by Crippen LogP contribution is -2.37. The van der Waals surface area contributed by atoms with Crippen LogP contribution in [0.2, 0.25) is 4.34 Å². The van der Waals surface area contributed by atoms with Crippen LogP contribution in [0.5, 0.6) is 0 Å². The van der Waals surface area contributed by atoms with E-state index >= 15 is 0 Å². The Bertz CT molecular complexity index is 409. The zero-order valence-electron chi connectivity index (χ0n) is 11.6. The summed E-state index contributed by atoms with van der Waals surface area (Å²) < 4.78 is 0.741. The molecule has 0 radical (unpaired) electrons. The number of nitrogens with zero attached hydrogens (tertiary/aromatic N) is 2. The van der Waals surface area contributed by atoms with Crippen molar-refractivity contribution in [3.05, 3.63) is 21.3 Å². The van der Waals surface area contributed by atoms with Crippen molar-refractivity contribution >= 4 is 28.8 Å². The van der Waals surface area contributed by atoms with Gasteiger partial charge < -0.3 is 10.0 Å². The monoisotopic (exact) mass is 304 g/mol. The Kier molecular flexibility index (Phi) is 6.79. The molecule has 1 aromatic heterocycles. The van der Waals surface area contributed by atoms with Gasteiger partial charge in [0.15, 0.2) is 0 Å². The van der Waals surface area contributed by atoms with Crippen LogP contribution in [0.25, 0.3) is 0 Å². The van der Waals surface area contributed by atoms with Gasteiger partial charge in [0.1, 0.15) is 0 Å². The molecule has 0 fully saturated rings. The molecule has 0 aromatic carbocycles. The molecule has 6 heteroatoms. The lowest BCUT2D eigenvalue weighted by molar-refractivity contribution is -0.131. The van der Waals surface area contributed by atoms with Crippen LogP contribution in [-0.2, 0) is 11.3 Å². The van der Waals surface area contributed by atoms with Crippen LogP contribution >= 0.6 is 22.9 Å². The predicted octanol–water partition coefficient (Wildman–Crippen LogP) is 2.06. The summed E-state index contributed by atoms with van der Waals surface area (Å²) in [6, 6.07) is 3.78. The highest BCUT2D eigenvalue weighted by Gasteiger charge is 2.13. The van der Waals surface area contributed by atoms with Gasteiger partial charge in [0.2, 0.25) is 5.91 Å². The Morgan fingerprint density at radius 3 is 2.68 bits per heavy atom. The number of carbonyl (C=O) groups is 1. The molecular weight excluding hydrogens is 284 g/mol. The average molecular weight is 305 g/mol. The molecule has 19 heavy (non-hydrogen) atoms. The van der Waals surface area contributed by atoms with E-state index < -0.39 is 0 Å². The zero-order chi connectivity index (χ0) is 14.4. The highest BCUT2D eigenvalue weighted by atomic mass is 35.5. The van der Waals surface area contributed by atoms with Gasteiger partial charge in [0, 0.05) is 18.5 Å². The van der Waals surface area contributed by atoms with E-state index in [0.29, 0.717) is 26.1 Å². The maximum absolute atomic E-state index is 12.0. The first-order valence-corrected chi connectivity index (χ1v) is 7.42. The fourth-order valence-corrected chi connectivity index (χ4v) is 2.74. The molecule has 1 atom stereocenters. The smallest absolute Gasteiger partial charge is 0.236 e. The highest BCUT2D eigenvalue weighted by molar-refractivity contribution is 7.16. The number of likely N-dealkylation sites (N-methyl/N-ethyl adjacent to an activating group) is 2. The average Bonchev–Trinajstić information content (AvgIpc) is 2.72. The predicted molar refractivity (Wildman–Crippen MR) is 79.6 cm³/mol. The van der Waals surface area contributed by atoms with Crippen LogP contribution in [-0.4, -0.2) is 54.1 Å². The van der Waals surface area contributed by atoms with E-state index in [2.05, 4.69) is 0 Å². The maximum Gasteiger partial charge on any atom is 0.236 e. The first-order chi connectivity index (χ1) is 8.88. The number of aliphatic hydroxyl groups excluding tert-OH is 1. The van der Waals surface area contributed by atoms with Crippen molar-refractivity contribution in [2.45, 2.75) is 26.0 Å². The molecule has 4 nitrogen and oxygen atoms in total. The van der Waals surface area contributed by atoms with E-state index in [1.165, 1.54) is 11.3 Å². The van der Waals surface area contributed by atoms with Crippen molar-refractivity contribution in [2.24, 2.45) is 0 Å². The Morgan fingerprint density at radius 1 is 1.47 bits per heavy atom. The quantitative estimate of drug-likeness (QED) is 0.838. The van der Waals surface area contributed by atoms with E-state index in [-0.39, 0.29) is 12.0 Å². The van der Waals surface area contributed by atoms with Crippen LogP contribution in [0.15, 0.2) is 12.1 Å². The van der Waals surface area contributed by atoms with Crippen LogP contribution in [0, 0.1) is 0 Å². The second-order valence-electron chi connectivity index (χ2n) is 4.83. The number of carbonyl (C=O) groups excluding carboxylic acids is 1. The SMILES string of the molecule is CC(O)CCN(C)CC(=O)N(C)Cc1ccc(Cl)s1. The summed E-state index contributed by atoms with van der Waals surface area (Å²) in [7, 11) is 3.68. The molecule has 1 aromatic rings. The molecule has 1 N–H and O–H groups in total. The van der Waals surface area contributed by atoms with Crippen molar-refractivity contribution in [3.8, 4) is 0 Å². The van der Waals surface area contributed by atoms with Crippen molar-refractivity contribution in [1.29, 1.82) is 0 Å². The molecule has 1 amide bonds. The Morgan fingerprint density at radius 2 is 2.16 bits per heavy atom. The van der Waals surface area contributed by atoms with Gasteiger partial charge in [0.05, 0.1) is 23.5 Å². The minimum atomic E-state index is -0.330. The lowest BCUT2D eigenvalue weighted by Gasteiger charge is -2.21. The summed E-state index contributed by atoms with van der Waals surface area (Å²) >= 11 is 7.35. The molecule has 0 aliphatic carbocycles. The number of hydrogen-bond donors (Lipinski definition) is 1. The second kappa shape index (κ2) is 7.85. The molecule has 0 aliphatic heterocycles. The van der Waals surface area contributed by atoms with Crippen LogP contribution in [0.1, 0.15) is 18.2 Å². The minimum absolute atomic E-state index is 0.0672. The highest BCUT2D eigenvalue weighted by Crippen LogP contribution is 2.22. The topological polar surface area (TPSA) is 43.8 Å². The molecule has 1 rings (SSSR count). The van der Waals surface area contributed by atoms with Gasteiger partial charge in [-0.15, -0.1) is 11.3 Å². The summed E-state index contributed by atoms with van der Waals surface area (Å²) in [4.78, 5) is 16.7. The largest absolute Gasteiger partial charge is 0.393 e. The van der Waals surface area contributed by atoms with Crippen LogP contribution < -0.4 is 0 Å². The number of thiophene rings is 1. The van der Waals surface area contributed by atoms with E-state index in [4.69, 9.17) is 11.6 Å². The molecule has 0 spiro atoms. The van der Waals surface area contributed by atoms with Gasteiger partial charge in [-0.3, -0.25) is 9.69 Å². The van der Waals surface area contributed by atoms with E-state index in [0.717, 1.165) is 9.21 Å². The van der Waals surface area contributed by atoms with E-state index in [1.54, 1.807) is 18.9 Å². The normalized spacial score (nSPS) is 12.7. The van der Waals surface area contributed by atoms with Crippen molar-refractivity contribution in [3.63, 3.8) is 0 Å². The second-order valence-corrected chi connectivity index (χ2v) is 6.63. The molecule has 0 saturated heterocycles. The first kappa shape index (κ1) is 16.4. The molecule has 0 bridgehead atoms. The third kappa shape index (κ3) is 6.38. The summed E-state index contributed by atoms with van der Waals surface area (Å²) in [6.07, 6.45) is 0.345. The van der Waals surface area contributed by atoms with Crippen molar-refractivity contribution in [2.75, 3.05) is 27.2 Å². The molecule has 108 valence electrons. The molecule has 1 unspecified atom stereocenters. The maximum atomic E-state index is 12.0. The number of hydrogen-bond acceptors (Lipinski definition) is 4. The van der Waals surface area contributed by atoms with Crippen molar-refractivity contribution < 1.29 is 9.90 Å². The summed E-state index contributed by atoms with van der Waals surface area (Å²) in [6.45, 7) is 3.41. The Labute approximate surface area is 123 Å². The van der Waals surface area contributed by atoms with E-state index in [9.17, 15) is 9.90 Å². The van der Waals surface area contributed by atoms with Gasteiger partial charge >= 0.3 is 0 Å². The van der Waals surface area contributed by atoms with Gasteiger partial charge in [-0.05, 0) is 32.5 Å². The van der Waals surface area contributed by atoms with Crippen molar-refractivity contribution in [1.82, 2.24) is 9.80 Å². The Balaban J connectivity index is 2.35. The lowest BCUT2D eigenvalue weighted by atomic mass is 10.3. The van der Waals surface area contributed by atoms with Gasteiger partial charge in [-0.25, -0.2) is 0 Å². The Hall–Kier alpha value is -0.620. The summed E-state index contributed by atoms with van der Waals surface area (Å²) in [5.74, 6) is 0.0672. The minimum Gasteiger partial charge on any atom is -0.393 e. The number of halogens is 1. The summed E-state index contributed by atoms with van der Waals surface area (Å²) in [5, 5.41) is 9.21. The zero-order valence-corrected chi connectivity index (χ0v) is 13.2. The molecule has 1 heterocycles. The van der Waals surface area contributed by atoms with Gasteiger partial charge in [-0.1, -0.05) is 11.6 Å². The van der Waals surface area contributed by atoms with Crippen LogP contribution in [0.3, 0.4) is 0 Å². The third-order valence-electron chi connectivity index (χ3n) is 2.78. The molecule has 0 saturated carbocycles. The number of aliphatic hydroxyl groups is 1.